The van der Waals surface area contributed by atoms with Crippen LogP contribution in [0.4, 0.5) is 0 Å². The number of carbonyl (C=O) groups excluding carboxylic acids is 1. The molecule has 4 nitrogen and oxygen atoms in total. The maximum absolute atomic E-state index is 12.5. The van der Waals surface area contributed by atoms with Crippen LogP contribution in [0.3, 0.4) is 0 Å². The molecule has 1 amide bonds. The van der Waals surface area contributed by atoms with Crippen molar-refractivity contribution in [2.75, 3.05) is 6.61 Å². The van der Waals surface area contributed by atoms with E-state index in [9.17, 15) is 15.0 Å². The van der Waals surface area contributed by atoms with E-state index in [4.69, 9.17) is 0 Å². The average Bonchev–Trinajstić information content (AvgIpc) is 3.25. The van der Waals surface area contributed by atoms with Gasteiger partial charge in [-0.05, 0) is 51.4 Å². The molecule has 0 saturated heterocycles. The van der Waals surface area contributed by atoms with Gasteiger partial charge < -0.3 is 15.5 Å². The van der Waals surface area contributed by atoms with Gasteiger partial charge in [0.25, 0.3) is 0 Å². The van der Waals surface area contributed by atoms with Crippen LogP contribution in [0.2, 0.25) is 0 Å². The zero-order valence-corrected chi connectivity index (χ0v) is 40.7. The fraction of sp³-hybridized carbons (Fsp3) is 0.875. The Morgan fingerprint density at radius 3 is 1.02 bits per heavy atom. The van der Waals surface area contributed by atoms with E-state index in [1.165, 1.54) is 231 Å². The van der Waals surface area contributed by atoms with E-state index >= 15 is 0 Å². The van der Waals surface area contributed by atoms with Gasteiger partial charge in [-0.15, -0.1) is 0 Å². The zero-order chi connectivity index (χ0) is 43.5. The number of carbonyl (C=O) groups is 1. The Morgan fingerprint density at radius 1 is 0.400 bits per heavy atom. The highest BCUT2D eigenvalue weighted by atomic mass is 16.3. The molecule has 0 heterocycles. The molecule has 0 aliphatic rings. The van der Waals surface area contributed by atoms with Crippen LogP contribution in [0, 0.1) is 0 Å². The molecule has 2 atom stereocenters. The molecule has 4 heteroatoms. The van der Waals surface area contributed by atoms with Crippen LogP contribution in [0.15, 0.2) is 36.5 Å². The summed E-state index contributed by atoms with van der Waals surface area (Å²) < 4.78 is 0. The number of nitrogens with one attached hydrogen (secondary N) is 1. The quantitative estimate of drug-likeness (QED) is 0.0422. The average molecular weight is 842 g/mol. The van der Waals surface area contributed by atoms with E-state index < -0.39 is 12.1 Å². The fourth-order valence-corrected chi connectivity index (χ4v) is 8.49. The minimum absolute atomic E-state index is 0.0279. The molecule has 0 spiro atoms. The number of aliphatic hydroxyl groups excluding tert-OH is 2. The topological polar surface area (TPSA) is 69.6 Å². The van der Waals surface area contributed by atoms with E-state index in [1.807, 2.05) is 0 Å². The summed E-state index contributed by atoms with van der Waals surface area (Å²) in [5.74, 6) is -0.0279. The normalized spacial score (nSPS) is 13.1. The number of hydrogen-bond acceptors (Lipinski definition) is 3. The molecular weight excluding hydrogens is 735 g/mol. The van der Waals surface area contributed by atoms with Crippen molar-refractivity contribution in [2.24, 2.45) is 0 Å². The summed E-state index contributed by atoms with van der Waals surface area (Å²) in [7, 11) is 0. The fourth-order valence-electron chi connectivity index (χ4n) is 8.49. The third kappa shape index (κ3) is 47.7. The molecule has 0 aromatic rings. The zero-order valence-electron chi connectivity index (χ0n) is 40.7. The first-order valence-corrected chi connectivity index (χ1v) is 27.2. The van der Waals surface area contributed by atoms with Crippen molar-refractivity contribution in [1.29, 1.82) is 0 Å². The monoisotopic (exact) mass is 842 g/mol. The highest BCUT2D eigenvalue weighted by Gasteiger charge is 2.20. The third-order valence-electron chi connectivity index (χ3n) is 12.7. The van der Waals surface area contributed by atoms with E-state index in [0.29, 0.717) is 12.8 Å². The van der Waals surface area contributed by atoms with Crippen molar-refractivity contribution in [2.45, 2.75) is 309 Å². The SMILES string of the molecule is CCCCCCC/C=C\C/C=C\C/C=C\CCCCCCCCCCCCCCCCCCC(=O)NC(CO)C(O)CCCCCCCCCCCCCCCCCCC. The Hall–Kier alpha value is -1.39. The van der Waals surface area contributed by atoms with Gasteiger partial charge in [0.2, 0.25) is 5.91 Å². The van der Waals surface area contributed by atoms with E-state index in [0.717, 1.165) is 38.5 Å². The van der Waals surface area contributed by atoms with Crippen molar-refractivity contribution in [3.8, 4) is 0 Å². The van der Waals surface area contributed by atoms with Gasteiger partial charge in [0.05, 0.1) is 18.8 Å². The van der Waals surface area contributed by atoms with Gasteiger partial charge in [-0.1, -0.05) is 275 Å². The van der Waals surface area contributed by atoms with Crippen molar-refractivity contribution >= 4 is 5.91 Å². The highest BCUT2D eigenvalue weighted by molar-refractivity contribution is 5.76. The van der Waals surface area contributed by atoms with E-state index in [-0.39, 0.29) is 12.5 Å². The maximum atomic E-state index is 12.5. The van der Waals surface area contributed by atoms with Crippen LogP contribution in [0.25, 0.3) is 0 Å². The van der Waals surface area contributed by atoms with Crippen LogP contribution in [0.1, 0.15) is 296 Å². The van der Waals surface area contributed by atoms with Gasteiger partial charge in [0, 0.05) is 6.42 Å². The molecule has 0 radical (unpaired) electrons. The third-order valence-corrected chi connectivity index (χ3v) is 12.7. The summed E-state index contributed by atoms with van der Waals surface area (Å²) in [4.78, 5) is 12.5. The van der Waals surface area contributed by atoms with Gasteiger partial charge in [-0.3, -0.25) is 4.79 Å². The molecule has 0 saturated carbocycles. The van der Waals surface area contributed by atoms with Crippen LogP contribution < -0.4 is 5.32 Å². The number of allylic oxidation sites excluding steroid dienone is 6. The Kier molecular flexibility index (Phi) is 50.8. The van der Waals surface area contributed by atoms with Gasteiger partial charge in [-0.2, -0.15) is 0 Å². The smallest absolute Gasteiger partial charge is 0.220 e. The summed E-state index contributed by atoms with van der Waals surface area (Å²) in [5.41, 5.74) is 0. The Labute approximate surface area is 376 Å². The Morgan fingerprint density at radius 2 is 0.683 bits per heavy atom. The standard InChI is InChI=1S/C56H107NO3/c1-3-5-7-9-11-13-15-17-19-21-22-23-24-25-26-27-28-29-30-31-32-33-34-36-38-40-42-44-46-48-50-52-56(60)57-54(53-58)55(59)51-49-47-45-43-41-39-37-35-20-18-16-14-12-10-8-6-4-2/h15,17,21-22,24-25,54-55,58-59H,3-14,16,18-20,23,26-53H2,1-2H3,(H,57,60)/b17-15-,22-21-,25-24-. The molecular formula is C56H107NO3. The van der Waals surface area contributed by atoms with Crippen molar-refractivity contribution in [1.82, 2.24) is 5.32 Å². The summed E-state index contributed by atoms with van der Waals surface area (Å²) >= 11 is 0. The summed E-state index contributed by atoms with van der Waals surface area (Å²) in [6.45, 7) is 4.37. The number of hydrogen-bond donors (Lipinski definition) is 3. The molecule has 0 aliphatic carbocycles. The molecule has 0 aromatic heterocycles. The van der Waals surface area contributed by atoms with Gasteiger partial charge in [0.15, 0.2) is 0 Å². The number of aliphatic hydroxyl groups is 2. The molecule has 0 bridgehead atoms. The minimum Gasteiger partial charge on any atom is -0.394 e. The van der Waals surface area contributed by atoms with Crippen LogP contribution >= 0.6 is 0 Å². The molecule has 0 rings (SSSR count). The van der Waals surface area contributed by atoms with E-state index in [1.54, 1.807) is 0 Å². The first-order valence-electron chi connectivity index (χ1n) is 27.2. The van der Waals surface area contributed by atoms with Gasteiger partial charge >= 0.3 is 0 Å². The summed E-state index contributed by atoms with van der Waals surface area (Å²) in [6, 6.07) is -0.535. The molecule has 0 aromatic carbocycles. The molecule has 0 fully saturated rings. The Bertz CT molecular complexity index is 912. The van der Waals surface area contributed by atoms with Crippen LogP contribution in [0.5, 0.6) is 0 Å². The first kappa shape index (κ1) is 58.6. The van der Waals surface area contributed by atoms with E-state index in [2.05, 4.69) is 55.6 Å². The van der Waals surface area contributed by atoms with Crippen molar-refractivity contribution in [3.05, 3.63) is 36.5 Å². The number of amides is 1. The second-order valence-corrected chi connectivity index (χ2v) is 18.7. The molecule has 2 unspecified atom stereocenters. The van der Waals surface area contributed by atoms with Crippen LogP contribution in [-0.2, 0) is 4.79 Å². The van der Waals surface area contributed by atoms with Gasteiger partial charge in [-0.25, -0.2) is 0 Å². The largest absolute Gasteiger partial charge is 0.394 e. The predicted molar refractivity (Wildman–Crippen MR) is 267 cm³/mol. The number of unbranched alkanes of at least 4 members (excludes halogenated alkanes) is 37. The molecule has 354 valence electrons. The number of rotatable bonds is 50. The first-order chi connectivity index (χ1) is 29.7. The predicted octanol–water partition coefficient (Wildman–Crippen LogP) is 17.7. The molecule has 3 N–H and O–H groups in total. The van der Waals surface area contributed by atoms with Crippen molar-refractivity contribution in [3.63, 3.8) is 0 Å². The lowest BCUT2D eigenvalue weighted by atomic mass is 10.0. The van der Waals surface area contributed by atoms with Crippen LogP contribution in [-0.4, -0.2) is 34.9 Å². The lowest BCUT2D eigenvalue weighted by Gasteiger charge is -2.22. The summed E-state index contributed by atoms with van der Waals surface area (Å²) in [5, 5.41) is 23.3. The maximum Gasteiger partial charge on any atom is 0.220 e. The second kappa shape index (κ2) is 52.0. The Balaban J connectivity index is 3.44. The lowest BCUT2D eigenvalue weighted by molar-refractivity contribution is -0.123. The molecule has 60 heavy (non-hydrogen) atoms. The minimum atomic E-state index is -0.658. The van der Waals surface area contributed by atoms with Crippen molar-refractivity contribution < 1.29 is 15.0 Å². The van der Waals surface area contributed by atoms with Gasteiger partial charge in [0.1, 0.15) is 0 Å². The second-order valence-electron chi connectivity index (χ2n) is 18.7. The lowest BCUT2D eigenvalue weighted by Crippen LogP contribution is -2.45. The summed E-state index contributed by atoms with van der Waals surface area (Å²) in [6.07, 6.45) is 69.8. The molecule has 0 aliphatic heterocycles. The highest BCUT2D eigenvalue weighted by Crippen LogP contribution is 2.17.